The molecule has 4 heteroatoms. The molecule has 0 aliphatic carbocycles. The van der Waals surface area contributed by atoms with Crippen LogP contribution in [0.5, 0.6) is 11.5 Å². The fourth-order valence-electron chi connectivity index (χ4n) is 2.13. The van der Waals surface area contributed by atoms with E-state index in [0.717, 1.165) is 22.6 Å². The predicted octanol–water partition coefficient (Wildman–Crippen LogP) is 3.27. The molecule has 2 aromatic rings. The van der Waals surface area contributed by atoms with Crippen LogP contribution in [0.1, 0.15) is 18.1 Å². The Balaban J connectivity index is 1.74. The lowest BCUT2D eigenvalue weighted by atomic mass is 10.2. The van der Waals surface area contributed by atoms with Gasteiger partial charge in [-0.05, 0) is 44.0 Å². The Morgan fingerprint density at radius 3 is 2.17 bits per heavy atom. The molecule has 0 aromatic heterocycles. The van der Waals surface area contributed by atoms with Gasteiger partial charge >= 0.3 is 0 Å². The van der Waals surface area contributed by atoms with Crippen LogP contribution in [0, 0.1) is 13.8 Å². The molecule has 2 aromatic carbocycles. The van der Waals surface area contributed by atoms with E-state index in [4.69, 9.17) is 9.47 Å². The molecule has 0 saturated carbocycles. The zero-order valence-corrected chi connectivity index (χ0v) is 13.8. The van der Waals surface area contributed by atoms with Crippen molar-refractivity contribution in [2.45, 2.75) is 26.9 Å². The van der Waals surface area contributed by atoms with E-state index in [0.29, 0.717) is 13.2 Å². The first-order chi connectivity index (χ1) is 11.1. The minimum Gasteiger partial charge on any atom is -0.491 e. The van der Waals surface area contributed by atoms with Gasteiger partial charge in [-0.3, -0.25) is 4.79 Å². The highest BCUT2D eigenvalue weighted by atomic mass is 16.5. The molecule has 1 N–H and O–H groups in total. The molecule has 1 amide bonds. The smallest absolute Gasteiger partial charge is 0.260 e. The first-order valence-electron chi connectivity index (χ1n) is 7.76. The molecular formula is C19H23NO3. The zero-order valence-electron chi connectivity index (χ0n) is 13.8. The van der Waals surface area contributed by atoms with Crippen molar-refractivity contribution in [3.05, 3.63) is 59.7 Å². The van der Waals surface area contributed by atoms with Crippen LogP contribution in [0.3, 0.4) is 0 Å². The van der Waals surface area contributed by atoms with Crippen molar-refractivity contribution in [2.24, 2.45) is 0 Å². The van der Waals surface area contributed by atoms with E-state index in [1.165, 1.54) is 0 Å². The third-order valence-electron chi connectivity index (χ3n) is 3.52. The molecule has 0 unspecified atom stereocenters. The second-order valence-corrected chi connectivity index (χ2v) is 5.43. The standard InChI is InChI=1S/C19H23NO3/c1-14-8-4-6-10-17(14)22-13-12-20-19(21)16(3)23-18-11-7-5-9-15(18)2/h4-11,16H,12-13H2,1-3H3,(H,20,21)/t16-/m0/s1. The second-order valence-electron chi connectivity index (χ2n) is 5.43. The van der Waals surface area contributed by atoms with Crippen molar-refractivity contribution >= 4 is 5.91 Å². The Morgan fingerprint density at radius 2 is 1.57 bits per heavy atom. The van der Waals surface area contributed by atoms with Crippen LogP contribution in [-0.2, 0) is 4.79 Å². The van der Waals surface area contributed by atoms with Gasteiger partial charge in [-0.15, -0.1) is 0 Å². The van der Waals surface area contributed by atoms with E-state index >= 15 is 0 Å². The van der Waals surface area contributed by atoms with Crippen molar-refractivity contribution < 1.29 is 14.3 Å². The van der Waals surface area contributed by atoms with Crippen LogP contribution in [0.25, 0.3) is 0 Å². The molecule has 0 aliphatic heterocycles. The summed E-state index contributed by atoms with van der Waals surface area (Å²) in [6.07, 6.45) is -0.547. The monoisotopic (exact) mass is 313 g/mol. The summed E-state index contributed by atoms with van der Waals surface area (Å²) in [5.41, 5.74) is 2.09. The molecule has 0 heterocycles. The van der Waals surface area contributed by atoms with Crippen molar-refractivity contribution in [1.82, 2.24) is 5.32 Å². The van der Waals surface area contributed by atoms with E-state index < -0.39 is 6.10 Å². The van der Waals surface area contributed by atoms with E-state index in [2.05, 4.69) is 5.32 Å². The van der Waals surface area contributed by atoms with Gasteiger partial charge in [0.1, 0.15) is 18.1 Å². The minimum absolute atomic E-state index is 0.151. The van der Waals surface area contributed by atoms with E-state index in [1.54, 1.807) is 6.92 Å². The summed E-state index contributed by atoms with van der Waals surface area (Å²) in [6.45, 7) is 6.55. The Labute approximate surface area is 137 Å². The van der Waals surface area contributed by atoms with Gasteiger partial charge in [0, 0.05) is 0 Å². The summed E-state index contributed by atoms with van der Waals surface area (Å²) in [7, 11) is 0. The molecule has 122 valence electrons. The summed E-state index contributed by atoms with van der Waals surface area (Å²) < 4.78 is 11.3. The number of carbonyl (C=O) groups excluding carboxylic acids is 1. The van der Waals surface area contributed by atoms with Gasteiger partial charge in [0.15, 0.2) is 6.10 Å². The van der Waals surface area contributed by atoms with Crippen LogP contribution < -0.4 is 14.8 Å². The summed E-state index contributed by atoms with van der Waals surface area (Å²) in [5, 5.41) is 2.82. The maximum atomic E-state index is 12.0. The molecule has 1 atom stereocenters. The number of amides is 1. The van der Waals surface area contributed by atoms with Gasteiger partial charge in [0.2, 0.25) is 0 Å². The number of para-hydroxylation sites is 2. The van der Waals surface area contributed by atoms with Gasteiger partial charge in [0.05, 0.1) is 6.54 Å². The second kappa shape index (κ2) is 8.22. The van der Waals surface area contributed by atoms with Gasteiger partial charge in [-0.2, -0.15) is 0 Å². The van der Waals surface area contributed by atoms with Crippen molar-refractivity contribution in [1.29, 1.82) is 0 Å². The third kappa shape index (κ3) is 5.02. The molecule has 0 radical (unpaired) electrons. The number of carbonyl (C=O) groups is 1. The SMILES string of the molecule is Cc1ccccc1OCCNC(=O)[C@H](C)Oc1ccccc1C. The summed E-state index contributed by atoms with van der Waals surface area (Å²) in [6, 6.07) is 15.5. The Hall–Kier alpha value is -2.49. The number of hydrogen-bond donors (Lipinski definition) is 1. The van der Waals surface area contributed by atoms with E-state index in [9.17, 15) is 4.79 Å². The van der Waals surface area contributed by atoms with Gasteiger partial charge < -0.3 is 14.8 Å². The average Bonchev–Trinajstić information content (AvgIpc) is 2.55. The maximum Gasteiger partial charge on any atom is 0.260 e. The average molecular weight is 313 g/mol. The Bertz CT molecular complexity index is 655. The highest BCUT2D eigenvalue weighted by molar-refractivity contribution is 5.80. The topological polar surface area (TPSA) is 47.6 Å². The highest BCUT2D eigenvalue weighted by Crippen LogP contribution is 2.18. The van der Waals surface area contributed by atoms with Crippen molar-refractivity contribution in [3.63, 3.8) is 0 Å². The van der Waals surface area contributed by atoms with Crippen LogP contribution in [0.4, 0.5) is 0 Å². The fourth-order valence-corrected chi connectivity index (χ4v) is 2.13. The largest absolute Gasteiger partial charge is 0.491 e. The normalized spacial score (nSPS) is 11.6. The zero-order chi connectivity index (χ0) is 16.7. The van der Waals surface area contributed by atoms with Crippen molar-refractivity contribution in [2.75, 3.05) is 13.2 Å². The highest BCUT2D eigenvalue weighted by Gasteiger charge is 2.14. The number of hydrogen-bond acceptors (Lipinski definition) is 3. The molecule has 0 aliphatic rings. The maximum absolute atomic E-state index is 12.0. The summed E-state index contributed by atoms with van der Waals surface area (Å²) in [4.78, 5) is 12.0. The van der Waals surface area contributed by atoms with Crippen LogP contribution >= 0.6 is 0 Å². The van der Waals surface area contributed by atoms with Gasteiger partial charge in [0.25, 0.3) is 5.91 Å². The quantitative estimate of drug-likeness (QED) is 0.798. The van der Waals surface area contributed by atoms with Crippen LogP contribution in [-0.4, -0.2) is 25.2 Å². The predicted molar refractivity (Wildman–Crippen MR) is 91.0 cm³/mol. The Kier molecular flexibility index (Phi) is 6.03. The molecule has 0 bridgehead atoms. The molecule has 0 spiro atoms. The molecule has 0 fully saturated rings. The van der Waals surface area contributed by atoms with Crippen LogP contribution in [0.2, 0.25) is 0 Å². The van der Waals surface area contributed by atoms with E-state index in [-0.39, 0.29) is 5.91 Å². The molecule has 23 heavy (non-hydrogen) atoms. The molecular weight excluding hydrogens is 290 g/mol. The number of rotatable bonds is 7. The first kappa shape index (κ1) is 16.9. The third-order valence-corrected chi connectivity index (χ3v) is 3.52. The Morgan fingerprint density at radius 1 is 1.00 bits per heavy atom. The number of benzene rings is 2. The number of ether oxygens (including phenoxy) is 2. The van der Waals surface area contributed by atoms with Gasteiger partial charge in [-0.1, -0.05) is 36.4 Å². The van der Waals surface area contributed by atoms with Crippen molar-refractivity contribution in [3.8, 4) is 11.5 Å². The van der Waals surface area contributed by atoms with Gasteiger partial charge in [-0.25, -0.2) is 0 Å². The number of nitrogens with one attached hydrogen (secondary N) is 1. The van der Waals surface area contributed by atoms with E-state index in [1.807, 2.05) is 62.4 Å². The molecule has 4 nitrogen and oxygen atoms in total. The lowest BCUT2D eigenvalue weighted by Gasteiger charge is -2.16. The molecule has 2 rings (SSSR count). The summed E-state index contributed by atoms with van der Waals surface area (Å²) in [5.74, 6) is 1.42. The molecule has 0 saturated heterocycles. The first-order valence-corrected chi connectivity index (χ1v) is 7.76. The fraction of sp³-hybridized carbons (Fsp3) is 0.316. The lowest BCUT2D eigenvalue weighted by Crippen LogP contribution is -2.38. The van der Waals surface area contributed by atoms with Crippen LogP contribution in [0.15, 0.2) is 48.5 Å². The summed E-state index contributed by atoms with van der Waals surface area (Å²) >= 11 is 0. The number of aryl methyl sites for hydroxylation is 2. The lowest BCUT2D eigenvalue weighted by molar-refractivity contribution is -0.127. The minimum atomic E-state index is -0.547.